The number of amides is 1. The average molecular weight is 358 g/mol. The van der Waals surface area contributed by atoms with Gasteiger partial charge >= 0.3 is 6.09 Å². The molecule has 0 spiro atoms. The molecule has 0 aromatic heterocycles. The van der Waals surface area contributed by atoms with Crippen LogP contribution in [0.25, 0.3) is 0 Å². The Balaban J connectivity index is 1.70. The Morgan fingerprint density at radius 3 is 2.75 bits per heavy atom. The molecule has 1 aliphatic heterocycles. The number of quaternary nitrogens is 1. The Kier molecular flexibility index (Phi) is 7.15. The van der Waals surface area contributed by atoms with Crippen molar-refractivity contribution in [1.82, 2.24) is 4.90 Å². The molecule has 0 bridgehead atoms. The van der Waals surface area contributed by atoms with E-state index in [9.17, 15) is 9.90 Å². The highest BCUT2D eigenvalue weighted by Crippen LogP contribution is 2.20. The number of nitrogens with one attached hydrogen (secondary N) is 1. The van der Waals surface area contributed by atoms with Crippen molar-refractivity contribution in [3.63, 3.8) is 0 Å². The molecule has 0 saturated carbocycles. The highest BCUT2D eigenvalue weighted by molar-refractivity contribution is 6.31. The number of hydrogen-bond acceptors (Lipinski definition) is 4. The predicted molar refractivity (Wildman–Crippen MR) is 91.8 cm³/mol. The standard InChI is InChI=1S/C17H25ClN2O4/c1-3-23-17(22)20-8-6-19(7-9-20)11-14(21)12-24-15-4-5-16(18)13(2)10-15/h4-5,10,14,21H,3,6-9,11-12H2,1-2H3/p+1/t14-/m0/s1. The summed E-state index contributed by atoms with van der Waals surface area (Å²) in [6.07, 6.45) is -0.802. The van der Waals surface area contributed by atoms with E-state index in [-0.39, 0.29) is 12.7 Å². The van der Waals surface area contributed by atoms with Crippen LogP contribution < -0.4 is 9.64 Å². The van der Waals surface area contributed by atoms with Crippen LogP contribution in [0, 0.1) is 6.92 Å². The molecule has 7 heteroatoms. The first kappa shape index (κ1) is 18.8. The lowest BCUT2D eigenvalue weighted by atomic mass is 10.2. The molecular weight excluding hydrogens is 332 g/mol. The lowest BCUT2D eigenvalue weighted by Crippen LogP contribution is -3.16. The van der Waals surface area contributed by atoms with Crippen LogP contribution in [0.1, 0.15) is 12.5 Å². The number of halogens is 1. The van der Waals surface area contributed by atoms with E-state index in [0.717, 1.165) is 18.7 Å². The SMILES string of the molecule is CCOC(=O)N1CC[NH+](C[C@H](O)COc2ccc(Cl)c(C)c2)CC1. The van der Waals surface area contributed by atoms with Gasteiger partial charge in [-0.2, -0.15) is 0 Å². The fourth-order valence-corrected chi connectivity index (χ4v) is 2.83. The zero-order valence-electron chi connectivity index (χ0n) is 14.3. The largest absolute Gasteiger partial charge is 0.491 e. The van der Waals surface area contributed by atoms with E-state index in [4.69, 9.17) is 21.1 Å². The first-order valence-electron chi connectivity index (χ1n) is 8.32. The van der Waals surface area contributed by atoms with E-state index in [1.54, 1.807) is 24.0 Å². The maximum absolute atomic E-state index is 11.7. The number of carbonyl (C=O) groups is 1. The fourth-order valence-electron chi connectivity index (χ4n) is 2.72. The third kappa shape index (κ3) is 5.54. The number of piperazine rings is 1. The number of carbonyl (C=O) groups excluding carboxylic acids is 1. The van der Waals surface area contributed by atoms with Gasteiger partial charge in [-0.15, -0.1) is 0 Å². The molecule has 1 aromatic rings. The number of nitrogens with zero attached hydrogens (tertiary/aromatic N) is 1. The number of ether oxygens (including phenoxy) is 2. The maximum atomic E-state index is 11.7. The van der Waals surface area contributed by atoms with E-state index >= 15 is 0 Å². The first-order chi connectivity index (χ1) is 11.5. The second-order valence-corrected chi connectivity index (χ2v) is 6.42. The van der Waals surface area contributed by atoms with Crippen LogP contribution in [0.15, 0.2) is 18.2 Å². The molecule has 1 heterocycles. The number of aryl methyl sites for hydroxylation is 1. The zero-order valence-corrected chi connectivity index (χ0v) is 15.0. The molecule has 6 nitrogen and oxygen atoms in total. The van der Waals surface area contributed by atoms with Crippen molar-refractivity contribution in [2.45, 2.75) is 20.0 Å². The summed E-state index contributed by atoms with van der Waals surface area (Å²) in [6.45, 7) is 7.86. The molecule has 1 fully saturated rings. The number of benzene rings is 1. The smallest absolute Gasteiger partial charge is 0.410 e. The Morgan fingerprint density at radius 1 is 1.42 bits per heavy atom. The number of aliphatic hydroxyl groups is 1. The molecule has 0 aliphatic carbocycles. The summed E-state index contributed by atoms with van der Waals surface area (Å²) in [5, 5.41) is 10.9. The minimum atomic E-state index is -0.551. The van der Waals surface area contributed by atoms with Gasteiger partial charge in [0.2, 0.25) is 0 Å². The summed E-state index contributed by atoms with van der Waals surface area (Å²) in [5.41, 5.74) is 0.948. The van der Waals surface area contributed by atoms with Crippen molar-refractivity contribution in [3.8, 4) is 5.75 Å². The Hall–Kier alpha value is -1.50. The van der Waals surface area contributed by atoms with Crippen molar-refractivity contribution in [1.29, 1.82) is 0 Å². The van der Waals surface area contributed by atoms with Gasteiger partial charge in [0.05, 0.1) is 32.8 Å². The van der Waals surface area contributed by atoms with Gasteiger partial charge in [-0.1, -0.05) is 11.6 Å². The number of rotatable bonds is 6. The Labute approximate surface area is 147 Å². The van der Waals surface area contributed by atoms with Gasteiger partial charge in [0, 0.05) is 5.02 Å². The predicted octanol–water partition coefficient (Wildman–Crippen LogP) is 0.745. The van der Waals surface area contributed by atoms with Crippen molar-refractivity contribution in [2.75, 3.05) is 45.9 Å². The molecule has 1 amide bonds. The van der Waals surface area contributed by atoms with E-state index in [0.29, 0.717) is 37.0 Å². The summed E-state index contributed by atoms with van der Waals surface area (Å²) in [4.78, 5) is 14.6. The quantitative estimate of drug-likeness (QED) is 0.788. The van der Waals surface area contributed by atoms with Crippen molar-refractivity contribution < 1.29 is 24.3 Å². The third-order valence-electron chi connectivity index (χ3n) is 4.09. The highest BCUT2D eigenvalue weighted by Gasteiger charge is 2.26. The van der Waals surface area contributed by atoms with Gasteiger partial charge in [0.15, 0.2) is 0 Å². The van der Waals surface area contributed by atoms with E-state index in [1.807, 2.05) is 13.0 Å². The monoisotopic (exact) mass is 357 g/mol. The Bertz CT molecular complexity index is 547. The Morgan fingerprint density at radius 2 is 2.12 bits per heavy atom. The van der Waals surface area contributed by atoms with Crippen molar-refractivity contribution >= 4 is 17.7 Å². The number of aliphatic hydroxyl groups excluding tert-OH is 1. The zero-order chi connectivity index (χ0) is 17.5. The van der Waals surface area contributed by atoms with Crippen molar-refractivity contribution in [2.24, 2.45) is 0 Å². The lowest BCUT2D eigenvalue weighted by molar-refractivity contribution is -0.907. The molecule has 1 atom stereocenters. The molecule has 2 N–H and O–H groups in total. The summed E-state index contributed by atoms with van der Waals surface area (Å²) >= 11 is 5.98. The van der Waals surface area contributed by atoms with Crippen LogP contribution in [-0.2, 0) is 4.74 Å². The minimum absolute atomic E-state index is 0.242. The summed E-state index contributed by atoms with van der Waals surface area (Å²) in [7, 11) is 0. The molecule has 24 heavy (non-hydrogen) atoms. The van der Waals surface area contributed by atoms with Crippen LogP contribution in [0.2, 0.25) is 5.02 Å². The van der Waals surface area contributed by atoms with Crippen molar-refractivity contribution in [3.05, 3.63) is 28.8 Å². The molecule has 1 aromatic carbocycles. The molecule has 1 saturated heterocycles. The molecule has 134 valence electrons. The van der Waals surface area contributed by atoms with E-state index in [2.05, 4.69) is 0 Å². The normalized spacial score (nSPS) is 16.8. The van der Waals surface area contributed by atoms with Crippen LogP contribution in [-0.4, -0.2) is 68.1 Å². The minimum Gasteiger partial charge on any atom is -0.491 e. The van der Waals surface area contributed by atoms with Gasteiger partial charge in [0.1, 0.15) is 25.0 Å². The van der Waals surface area contributed by atoms with Gasteiger partial charge in [0.25, 0.3) is 0 Å². The highest BCUT2D eigenvalue weighted by atomic mass is 35.5. The first-order valence-corrected chi connectivity index (χ1v) is 8.69. The van der Waals surface area contributed by atoms with Crippen LogP contribution >= 0.6 is 11.6 Å². The van der Waals surface area contributed by atoms with Gasteiger partial charge in [-0.25, -0.2) is 4.79 Å². The molecule has 2 rings (SSSR count). The van der Waals surface area contributed by atoms with Crippen LogP contribution in [0.4, 0.5) is 4.79 Å². The van der Waals surface area contributed by atoms with Gasteiger partial charge < -0.3 is 19.5 Å². The van der Waals surface area contributed by atoms with E-state index < -0.39 is 6.10 Å². The second kappa shape index (κ2) is 9.11. The molecule has 0 radical (unpaired) electrons. The van der Waals surface area contributed by atoms with Gasteiger partial charge in [-0.3, -0.25) is 4.90 Å². The lowest BCUT2D eigenvalue weighted by Gasteiger charge is -2.32. The summed E-state index contributed by atoms with van der Waals surface area (Å²) in [5.74, 6) is 0.707. The summed E-state index contributed by atoms with van der Waals surface area (Å²) in [6, 6.07) is 5.45. The van der Waals surface area contributed by atoms with Gasteiger partial charge in [-0.05, 0) is 37.6 Å². The molecular formula is C17H26ClN2O4+. The van der Waals surface area contributed by atoms with E-state index in [1.165, 1.54) is 4.90 Å². The maximum Gasteiger partial charge on any atom is 0.410 e. The van der Waals surface area contributed by atoms with Crippen LogP contribution in [0.3, 0.4) is 0 Å². The van der Waals surface area contributed by atoms with Crippen LogP contribution in [0.5, 0.6) is 5.75 Å². The second-order valence-electron chi connectivity index (χ2n) is 6.02. The fraction of sp³-hybridized carbons (Fsp3) is 0.588. The molecule has 1 aliphatic rings. The number of hydrogen-bond donors (Lipinski definition) is 2. The topological polar surface area (TPSA) is 63.4 Å². The summed E-state index contributed by atoms with van der Waals surface area (Å²) < 4.78 is 10.6. The third-order valence-corrected chi connectivity index (χ3v) is 4.52. The molecule has 0 unspecified atom stereocenters. The average Bonchev–Trinajstić information content (AvgIpc) is 2.57.